The lowest BCUT2D eigenvalue weighted by atomic mass is 10.3. The Morgan fingerprint density at radius 3 is 2.54 bits per heavy atom. The minimum Gasteiger partial charge on any atom is -0.375 e. The number of anilines is 1. The lowest BCUT2D eigenvalue weighted by Gasteiger charge is -1.80. The van der Waals surface area contributed by atoms with Gasteiger partial charge in [0.05, 0.1) is 10.2 Å². The Kier molecular flexibility index (Phi) is 4.69. The molecule has 0 aliphatic heterocycles. The summed E-state index contributed by atoms with van der Waals surface area (Å²) in [5.74, 6) is 0. The average molecular weight is 196 g/mol. The molecule has 0 bridgehead atoms. The predicted octanol–water partition coefficient (Wildman–Crippen LogP) is 2.33. The van der Waals surface area contributed by atoms with Crippen LogP contribution in [0.1, 0.15) is 7.43 Å². The van der Waals surface area contributed by atoms with Crippen LogP contribution in [0.4, 0.5) is 5.13 Å². The number of nitrogens with zero attached hydrogens (tertiary/aromatic N) is 1. The highest BCUT2D eigenvalue weighted by Crippen LogP contribution is 2.22. The van der Waals surface area contributed by atoms with Crippen molar-refractivity contribution in [1.29, 1.82) is 0 Å². The third-order valence-electron chi connectivity index (χ3n) is 1.31. The molecule has 13 heavy (non-hydrogen) atoms. The molecule has 0 unspecified atom stereocenters. The molecule has 2 aromatic rings. The molecule has 0 atom stereocenters. The number of para-hydroxylation sites is 1. The number of rotatable bonds is 0. The van der Waals surface area contributed by atoms with E-state index in [1.54, 1.807) is 0 Å². The second-order valence-electron chi connectivity index (χ2n) is 2.02. The number of hydrogen-bond acceptors (Lipinski definition) is 4. The molecule has 0 saturated carbocycles. The number of thiazole rings is 1. The Morgan fingerprint density at radius 2 is 1.92 bits per heavy atom. The van der Waals surface area contributed by atoms with Gasteiger partial charge in [-0.2, -0.15) is 0 Å². The number of aromatic nitrogens is 1. The van der Waals surface area contributed by atoms with Crippen LogP contribution in [-0.2, 0) is 4.79 Å². The van der Waals surface area contributed by atoms with Crippen molar-refractivity contribution in [2.75, 3.05) is 5.73 Å². The third kappa shape index (κ3) is 2.52. The van der Waals surface area contributed by atoms with E-state index in [1.807, 2.05) is 31.1 Å². The fraction of sp³-hybridized carbons (Fsp3) is 0.111. The number of hydrogen-bond donors (Lipinski definition) is 1. The van der Waals surface area contributed by atoms with Crippen molar-refractivity contribution in [1.82, 2.24) is 4.98 Å². The van der Waals surface area contributed by atoms with Gasteiger partial charge in [-0.1, -0.05) is 30.9 Å². The number of carbonyl (C=O) groups excluding carboxylic acids is 1. The van der Waals surface area contributed by atoms with Crippen LogP contribution in [0.2, 0.25) is 0 Å². The van der Waals surface area contributed by atoms with Crippen molar-refractivity contribution in [3.05, 3.63) is 24.3 Å². The molecule has 4 heteroatoms. The minimum absolute atomic E-state index is 0. The molecule has 0 aliphatic rings. The second kappa shape index (κ2) is 5.27. The highest BCUT2D eigenvalue weighted by atomic mass is 32.1. The minimum atomic E-state index is 0. The summed E-state index contributed by atoms with van der Waals surface area (Å²) in [6.45, 7) is 2.00. The summed E-state index contributed by atoms with van der Waals surface area (Å²) in [5.41, 5.74) is 6.49. The van der Waals surface area contributed by atoms with Crippen molar-refractivity contribution in [3.63, 3.8) is 0 Å². The average Bonchev–Trinajstić information content (AvgIpc) is 2.48. The Morgan fingerprint density at radius 1 is 1.31 bits per heavy atom. The summed E-state index contributed by atoms with van der Waals surface area (Å²) in [5, 5.41) is 0.640. The fourth-order valence-corrected chi connectivity index (χ4v) is 1.62. The van der Waals surface area contributed by atoms with Gasteiger partial charge in [-0.05, 0) is 12.1 Å². The maximum atomic E-state index is 8.00. The van der Waals surface area contributed by atoms with Gasteiger partial charge in [-0.25, -0.2) is 4.98 Å². The van der Waals surface area contributed by atoms with Gasteiger partial charge in [0.1, 0.15) is 6.79 Å². The van der Waals surface area contributed by atoms with Crippen molar-refractivity contribution >= 4 is 33.5 Å². The van der Waals surface area contributed by atoms with Crippen LogP contribution in [0.25, 0.3) is 10.2 Å². The van der Waals surface area contributed by atoms with Crippen LogP contribution in [0.3, 0.4) is 0 Å². The van der Waals surface area contributed by atoms with Crippen LogP contribution < -0.4 is 5.73 Å². The lowest BCUT2D eigenvalue weighted by molar-refractivity contribution is -0.0979. The van der Waals surface area contributed by atoms with Gasteiger partial charge < -0.3 is 10.5 Å². The van der Waals surface area contributed by atoms with E-state index in [0.717, 1.165) is 10.2 Å². The zero-order valence-corrected chi connectivity index (χ0v) is 7.17. The van der Waals surface area contributed by atoms with Crippen LogP contribution in [0.15, 0.2) is 24.3 Å². The zero-order chi connectivity index (χ0) is 8.97. The molecule has 0 aliphatic carbocycles. The predicted molar refractivity (Wildman–Crippen MR) is 57.9 cm³/mol. The first-order valence-corrected chi connectivity index (χ1v) is 4.08. The van der Waals surface area contributed by atoms with Crippen molar-refractivity contribution in [2.24, 2.45) is 0 Å². The highest BCUT2D eigenvalue weighted by molar-refractivity contribution is 7.22. The number of carbonyl (C=O) groups is 1. The van der Waals surface area contributed by atoms with Gasteiger partial charge in [-0.3, -0.25) is 0 Å². The van der Waals surface area contributed by atoms with Gasteiger partial charge in [0.25, 0.3) is 0 Å². The molecule has 1 aromatic carbocycles. The Labute approximate surface area is 81.2 Å². The van der Waals surface area contributed by atoms with Gasteiger partial charge in [0.2, 0.25) is 0 Å². The van der Waals surface area contributed by atoms with Crippen LogP contribution >= 0.6 is 11.3 Å². The monoisotopic (exact) mass is 196 g/mol. The second-order valence-corrected chi connectivity index (χ2v) is 3.08. The quantitative estimate of drug-likeness (QED) is 0.703. The summed E-state index contributed by atoms with van der Waals surface area (Å²) < 4.78 is 1.15. The lowest BCUT2D eigenvalue weighted by Crippen LogP contribution is -1.78. The van der Waals surface area contributed by atoms with E-state index in [9.17, 15) is 0 Å². The van der Waals surface area contributed by atoms with E-state index in [2.05, 4.69) is 4.98 Å². The van der Waals surface area contributed by atoms with Gasteiger partial charge >= 0.3 is 0 Å². The van der Waals surface area contributed by atoms with E-state index in [-0.39, 0.29) is 7.43 Å². The summed E-state index contributed by atoms with van der Waals surface area (Å²) in [7, 11) is 0. The van der Waals surface area contributed by atoms with Gasteiger partial charge in [0, 0.05) is 0 Å². The first-order valence-electron chi connectivity index (χ1n) is 3.26. The maximum absolute atomic E-state index is 8.00. The Hall–Kier alpha value is -1.42. The zero-order valence-electron chi connectivity index (χ0n) is 6.36. The summed E-state index contributed by atoms with van der Waals surface area (Å²) in [4.78, 5) is 12.1. The van der Waals surface area contributed by atoms with Crippen LogP contribution in [0, 0.1) is 0 Å². The summed E-state index contributed by atoms with van der Waals surface area (Å²) >= 11 is 1.52. The number of benzene rings is 1. The molecule has 0 radical (unpaired) electrons. The molecule has 3 nitrogen and oxygen atoms in total. The summed E-state index contributed by atoms with van der Waals surface area (Å²) in [6.07, 6.45) is 0. The first kappa shape index (κ1) is 11.6. The molecule has 70 valence electrons. The van der Waals surface area contributed by atoms with E-state index >= 15 is 0 Å². The van der Waals surface area contributed by atoms with Crippen LogP contribution in [-0.4, -0.2) is 11.8 Å². The molecule has 2 N–H and O–H groups in total. The third-order valence-corrected chi connectivity index (χ3v) is 2.18. The molecule has 0 fully saturated rings. The molecular weight excluding hydrogens is 184 g/mol. The van der Waals surface area contributed by atoms with Gasteiger partial charge in [0.15, 0.2) is 5.13 Å². The van der Waals surface area contributed by atoms with Crippen molar-refractivity contribution < 1.29 is 4.79 Å². The van der Waals surface area contributed by atoms with E-state index in [0.29, 0.717) is 5.13 Å². The first-order chi connectivity index (χ1) is 5.86. The normalized spacial score (nSPS) is 8.31. The molecule has 0 amide bonds. The standard InChI is InChI=1S/C7H6N2S.CH2O.CH4/c8-7-9-5-3-1-2-4-6(5)10-7;1-2;/h1-4H,(H2,8,9);1H2;1H4. The van der Waals surface area contributed by atoms with Crippen molar-refractivity contribution in [3.8, 4) is 0 Å². The number of nitrogens with two attached hydrogens (primary N) is 1. The maximum Gasteiger partial charge on any atom is 0.181 e. The Bertz CT molecular complexity index is 339. The topological polar surface area (TPSA) is 56.0 Å². The van der Waals surface area contributed by atoms with Gasteiger partial charge in [-0.15, -0.1) is 0 Å². The van der Waals surface area contributed by atoms with E-state index in [1.165, 1.54) is 11.3 Å². The molecule has 1 aromatic heterocycles. The molecular formula is C9H12N2OS. The SMILES string of the molecule is C.C=O.Nc1nc2ccccc2s1. The van der Waals surface area contributed by atoms with E-state index in [4.69, 9.17) is 10.5 Å². The largest absolute Gasteiger partial charge is 0.375 e. The molecule has 0 saturated heterocycles. The smallest absolute Gasteiger partial charge is 0.181 e. The number of nitrogen functional groups attached to an aromatic ring is 1. The highest BCUT2D eigenvalue weighted by Gasteiger charge is 1.96. The molecule has 2 rings (SSSR count). The van der Waals surface area contributed by atoms with E-state index < -0.39 is 0 Å². The molecule has 1 heterocycles. The molecule has 0 spiro atoms. The fourth-order valence-electron chi connectivity index (χ4n) is 0.890. The Balaban J connectivity index is 0.000000451. The van der Waals surface area contributed by atoms with Crippen molar-refractivity contribution in [2.45, 2.75) is 7.43 Å². The number of fused-ring (bicyclic) bond motifs is 1. The van der Waals surface area contributed by atoms with Crippen LogP contribution in [0.5, 0.6) is 0 Å². The summed E-state index contributed by atoms with van der Waals surface area (Å²) in [6, 6.07) is 7.92.